The Kier molecular flexibility index (Phi) is 4.72. The minimum Gasteiger partial charge on any atom is -0.395 e. The summed E-state index contributed by atoms with van der Waals surface area (Å²) in [7, 11) is 2.07. The summed E-state index contributed by atoms with van der Waals surface area (Å²) in [5.74, 6) is 0. The molecule has 0 spiro atoms. The van der Waals surface area contributed by atoms with Crippen LogP contribution in [-0.4, -0.2) is 54.3 Å². The number of likely N-dealkylation sites (N-methyl/N-ethyl adjacent to an activating group) is 1. The first-order valence-electron chi connectivity index (χ1n) is 6.67. The number of aliphatic hydroxyl groups excluding tert-OH is 1. The van der Waals surface area contributed by atoms with Crippen molar-refractivity contribution in [3.8, 4) is 6.07 Å². The summed E-state index contributed by atoms with van der Waals surface area (Å²) in [5, 5.41) is 17.7. The van der Waals surface area contributed by atoms with Gasteiger partial charge in [0.15, 0.2) is 0 Å². The van der Waals surface area contributed by atoms with E-state index in [0.29, 0.717) is 11.7 Å². The van der Waals surface area contributed by atoms with Crippen molar-refractivity contribution in [1.82, 2.24) is 9.88 Å². The van der Waals surface area contributed by atoms with Crippen LogP contribution in [0.2, 0.25) is 0 Å². The summed E-state index contributed by atoms with van der Waals surface area (Å²) >= 11 is 0. The first kappa shape index (κ1) is 13.8. The Labute approximate surface area is 114 Å². The lowest BCUT2D eigenvalue weighted by molar-refractivity contribution is 0.162. The van der Waals surface area contributed by atoms with Gasteiger partial charge in [-0.25, -0.2) is 4.98 Å². The van der Waals surface area contributed by atoms with Crippen molar-refractivity contribution in [2.75, 3.05) is 38.2 Å². The highest BCUT2D eigenvalue weighted by Crippen LogP contribution is 2.21. The highest BCUT2D eigenvalue weighted by atomic mass is 16.3. The number of nitriles is 1. The minimum atomic E-state index is 0.219. The van der Waals surface area contributed by atoms with E-state index >= 15 is 0 Å². The predicted molar refractivity (Wildman–Crippen MR) is 73.9 cm³/mol. The van der Waals surface area contributed by atoms with Gasteiger partial charge < -0.3 is 14.9 Å². The number of anilines is 1. The molecule has 1 N–H and O–H groups in total. The van der Waals surface area contributed by atoms with Gasteiger partial charge in [-0.2, -0.15) is 5.26 Å². The number of pyridine rings is 1. The van der Waals surface area contributed by atoms with E-state index in [-0.39, 0.29) is 6.61 Å². The van der Waals surface area contributed by atoms with Crippen molar-refractivity contribution in [3.63, 3.8) is 0 Å². The average Bonchev–Trinajstić information content (AvgIpc) is 2.48. The lowest BCUT2D eigenvalue weighted by Gasteiger charge is -2.37. The van der Waals surface area contributed by atoms with Crippen LogP contribution in [-0.2, 0) is 0 Å². The quantitative estimate of drug-likeness (QED) is 0.869. The van der Waals surface area contributed by atoms with Gasteiger partial charge in [0.1, 0.15) is 11.8 Å². The molecule has 2 heterocycles. The minimum absolute atomic E-state index is 0.219. The summed E-state index contributed by atoms with van der Waals surface area (Å²) in [6.45, 7) is 2.95. The van der Waals surface area contributed by atoms with E-state index in [1.807, 2.05) is 12.1 Å². The molecule has 5 nitrogen and oxygen atoms in total. The van der Waals surface area contributed by atoms with Gasteiger partial charge in [-0.05, 0) is 32.0 Å². The van der Waals surface area contributed by atoms with Gasteiger partial charge in [0.2, 0.25) is 0 Å². The second-order valence-electron chi connectivity index (χ2n) is 4.94. The summed E-state index contributed by atoms with van der Waals surface area (Å²) in [5.41, 5.74) is 1.54. The van der Waals surface area contributed by atoms with Gasteiger partial charge in [0.25, 0.3) is 0 Å². The molecule has 0 amide bonds. The molecule has 1 aliphatic heterocycles. The first-order valence-corrected chi connectivity index (χ1v) is 6.67. The van der Waals surface area contributed by atoms with Crippen molar-refractivity contribution in [1.29, 1.82) is 5.26 Å². The maximum Gasteiger partial charge on any atom is 0.140 e. The Balaban J connectivity index is 1.90. The number of nitrogens with zero attached hydrogens (tertiary/aromatic N) is 4. The first-order chi connectivity index (χ1) is 9.24. The SMILES string of the molecule is CN(CCO)C1CCN(c2ccc(C#N)nc2)CC1. The number of piperidine rings is 1. The molecule has 1 aromatic heterocycles. The molecule has 0 saturated carbocycles. The molecule has 0 bridgehead atoms. The lowest BCUT2D eigenvalue weighted by Crippen LogP contribution is -2.44. The van der Waals surface area contributed by atoms with Crippen LogP contribution in [0.15, 0.2) is 18.3 Å². The van der Waals surface area contributed by atoms with Crippen LogP contribution in [0, 0.1) is 11.3 Å². The van der Waals surface area contributed by atoms with Crippen LogP contribution >= 0.6 is 0 Å². The van der Waals surface area contributed by atoms with Crippen molar-refractivity contribution in [2.45, 2.75) is 18.9 Å². The third-order valence-electron chi connectivity index (χ3n) is 3.77. The van der Waals surface area contributed by atoms with Gasteiger partial charge in [0.05, 0.1) is 18.5 Å². The summed E-state index contributed by atoms with van der Waals surface area (Å²) < 4.78 is 0. The average molecular weight is 260 g/mol. The predicted octanol–water partition coefficient (Wildman–Crippen LogP) is 0.846. The highest BCUT2D eigenvalue weighted by molar-refractivity contribution is 5.46. The van der Waals surface area contributed by atoms with Crippen molar-refractivity contribution >= 4 is 5.69 Å². The van der Waals surface area contributed by atoms with E-state index in [0.717, 1.165) is 38.2 Å². The monoisotopic (exact) mass is 260 g/mol. The molecular weight excluding hydrogens is 240 g/mol. The summed E-state index contributed by atoms with van der Waals surface area (Å²) in [4.78, 5) is 8.64. The molecule has 2 rings (SSSR count). The number of hydrogen-bond donors (Lipinski definition) is 1. The molecule has 0 unspecified atom stereocenters. The van der Waals surface area contributed by atoms with Crippen molar-refractivity contribution < 1.29 is 5.11 Å². The Morgan fingerprint density at radius 1 is 1.47 bits per heavy atom. The topological polar surface area (TPSA) is 63.4 Å². The third kappa shape index (κ3) is 3.43. The van der Waals surface area contributed by atoms with Gasteiger partial charge in [-0.15, -0.1) is 0 Å². The van der Waals surface area contributed by atoms with E-state index < -0.39 is 0 Å². The van der Waals surface area contributed by atoms with Gasteiger partial charge in [-0.3, -0.25) is 0 Å². The van der Waals surface area contributed by atoms with Crippen LogP contribution in [0.5, 0.6) is 0 Å². The lowest BCUT2D eigenvalue weighted by atomic mass is 10.0. The smallest absolute Gasteiger partial charge is 0.140 e. The molecule has 5 heteroatoms. The molecule has 0 radical (unpaired) electrons. The van der Waals surface area contributed by atoms with E-state index in [2.05, 4.69) is 21.8 Å². The number of aliphatic hydroxyl groups is 1. The second-order valence-corrected chi connectivity index (χ2v) is 4.94. The van der Waals surface area contributed by atoms with E-state index in [1.54, 1.807) is 12.3 Å². The zero-order chi connectivity index (χ0) is 13.7. The van der Waals surface area contributed by atoms with Crippen LogP contribution in [0.4, 0.5) is 5.69 Å². The molecular formula is C14H20N4O. The fourth-order valence-electron chi connectivity index (χ4n) is 2.54. The van der Waals surface area contributed by atoms with Crippen LogP contribution < -0.4 is 4.90 Å². The molecule has 102 valence electrons. The fraction of sp³-hybridized carbons (Fsp3) is 0.571. The Morgan fingerprint density at radius 3 is 2.74 bits per heavy atom. The normalized spacial score (nSPS) is 16.6. The Morgan fingerprint density at radius 2 is 2.21 bits per heavy atom. The van der Waals surface area contributed by atoms with Crippen molar-refractivity contribution in [3.05, 3.63) is 24.0 Å². The maximum absolute atomic E-state index is 8.96. The number of hydrogen-bond acceptors (Lipinski definition) is 5. The molecule has 0 atom stereocenters. The standard InChI is InChI=1S/C14H20N4O/c1-17(8-9-19)13-4-6-18(7-5-13)14-3-2-12(10-15)16-11-14/h2-3,11,13,19H,4-9H2,1H3. The van der Waals surface area contributed by atoms with Crippen molar-refractivity contribution in [2.24, 2.45) is 0 Å². The molecule has 1 aliphatic rings. The zero-order valence-electron chi connectivity index (χ0n) is 11.3. The van der Waals surface area contributed by atoms with E-state index in [4.69, 9.17) is 10.4 Å². The van der Waals surface area contributed by atoms with Crippen LogP contribution in [0.25, 0.3) is 0 Å². The molecule has 19 heavy (non-hydrogen) atoms. The zero-order valence-corrected chi connectivity index (χ0v) is 11.3. The van der Waals surface area contributed by atoms with Gasteiger partial charge >= 0.3 is 0 Å². The van der Waals surface area contributed by atoms with Gasteiger partial charge in [0, 0.05) is 25.7 Å². The molecule has 0 aromatic carbocycles. The fourth-order valence-corrected chi connectivity index (χ4v) is 2.54. The second kappa shape index (κ2) is 6.50. The van der Waals surface area contributed by atoms with E-state index in [1.165, 1.54) is 0 Å². The summed E-state index contributed by atoms with van der Waals surface area (Å²) in [6, 6.07) is 6.31. The maximum atomic E-state index is 8.96. The van der Waals surface area contributed by atoms with Gasteiger partial charge in [-0.1, -0.05) is 0 Å². The molecule has 1 saturated heterocycles. The highest BCUT2D eigenvalue weighted by Gasteiger charge is 2.22. The Bertz CT molecular complexity index is 432. The largest absolute Gasteiger partial charge is 0.395 e. The number of aromatic nitrogens is 1. The number of rotatable bonds is 4. The Hall–Kier alpha value is -1.64. The van der Waals surface area contributed by atoms with Crippen LogP contribution in [0.3, 0.4) is 0 Å². The summed E-state index contributed by atoms with van der Waals surface area (Å²) in [6.07, 6.45) is 3.96. The van der Waals surface area contributed by atoms with E-state index in [9.17, 15) is 0 Å². The molecule has 1 fully saturated rings. The molecule has 0 aliphatic carbocycles. The third-order valence-corrected chi connectivity index (χ3v) is 3.77. The molecule has 1 aromatic rings. The van der Waals surface area contributed by atoms with Crippen LogP contribution in [0.1, 0.15) is 18.5 Å².